The van der Waals surface area contributed by atoms with Gasteiger partial charge in [0.05, 0.1) is 26.2 Å². The highest BCUT2D eigenvalue weighted by molar-refractivity contribution is 7.89. The summed E-state index contributed by atoms with van der Waals surface area (Å²) in [6.07, 6.45) is 0. The summed E-state index contributed by atoms with van der Waals surface area (Å²) in [5.41, 5.74) is 1.02. The second kappa shape index (κ2) is 7.60. The summed E-state index contributed by atoms with van der Waals surface area (Å²) in [5.74, 6) is -1.87. The zero-order valence-corrected chi connectivity index (χ0v) is 15.8. The van der Waals surface area contributed by atoms with Crippen molar-refractivity contribution in [2.24, 2.45) is 0 Å². The van der Waals surface area contributed by atoms with E-state index in [4.69, 9.17) is 11.6 Å². The van der Waals surface area contributed by atoms with Crippen LogP contribution < -0.4 is 4.90 Å². The molecule has 0 aromatic heterocycles. The van der Waals surface area contributed by atoms with Crippen LogP contribution in [0, 0.1) is 11.6 Å². The molecule has 0 amide bonds. The van der Waals surface area contributed by atoms with E-state index >= 15 is 0 Å². The molecule has 26 heavy (non-hydrogen) atoms. The van der Waals surface area contributed by atoms with Gasteiger partial charge in [-0.3, -0.25) is 0 Å². The second-order valence-electron chi connectivity index (χ2n) is 6.38. The van der Waals surface area contributed by atoms with Crippen molar-refractivity contribution in [3.05, 3.63) is 64.7 Å². The van der Waals surface area contributed by atoms with Gasteiger partial charge in [-0.1, -0.05) is 29.8 Å². The molecule has 0 aliphatic carbocycles. The van der Waals surface area contributed by atoms with Crippen LogP contribution in [0.2, 0.25) is 5.02 Å². The molecule has 0 spiro atoms. The van der Waals surface area contributed by atoms with Gasteiger partial charge in [0.25, 0.3) is 0 Å². The second-order valence-corrected chi connectivity index (χ2v) is 8.69. The zero-order chi connectivity index (χ0) is 18.9. The molecule has 1 aliphatic rings. The number of piperazine rings is 1. The number of hydrogen-bond acceptors (Lipinski definition) is 2. The number of nitrogens with one attached hydrogen (secondary N) is 1. The third-order valence-corrected chi connectivity index (χ3v) is 7.14. The fourth-order valence-corrected chi connectivity index (χ4v) is 5.10. The van der Waals surface area contributed by atoms with E-state index in [0.29, 0.717) is 24.2 Å². The summed E-state index contributed by atoms with van der Waals surface area (Å²) in [5, 5.41) is 0.691. The molecule has 0 bridgehead atoms. The average molecular weight is 402 g/mol. The van der Waals surface area contributed by atoms with Crippen molar-refractivity contribution >= 4 is 21.6 Å². The van der Waals surface area contributed by atoms with Crippen molar-refractivity contribution in [3.63, 3.8) is 0 Å². The lowest BCUT2D eigenvalue weighted by Gasteiger charge is -2.35. The number of sulfonamides is 1. The summed E-state index contributed by atoms with van der Waals surface area (Å²) in [6.45, 7) is 3.75. The van der Waals surface area contributed by atoms with Crippen LogP contribution in [0.1, 0.15) is 18.5 Å². The van der Waals surface area contributed by atoms with Gasteiger partial charge in [0.2, 0.25) is 10.0 Å². The van der Waals surface area contributed by atoms with Gasteiger partial charge in [0, 0.05) is 16.7 Å². The van der Waals surface area contributed by atoms with E-state index in [-0.39, 0.29) is 19.1 Å². The van der Waals surface area contributed by atoms with Gasteiger partial charge in [-0.05, 0) is 25.1 Å². The van der Waals surface area contributed by atoms with Crippen molar-refractivity contribution in [2.45, 2.75) is 17.9 Å². The molecular weight excluding hydrogens is 382 g/mol. The summed E-state index contributed by atoms with van der Waals surface area (Å²) >= 11 is 6.26. The molecule has 1 aliphatic heterocycles. The van der Waals surface area contributed by atoms with E-state index in [0.717, 1.165) is 17.7 Å². The lowest BCUT2D eigenvalue weighted by molar-refractivity contribution is -0.933. The van der Waals surface area contributed by atoms with Crippen molar-refractivity contribution in [1.82, 2.24) is 4.31 Å². The highest BCUT2D eigenvalue weighted by atomic mass is 35.5. The first-order valence-corrected chi connectivity index (χ1v) is 10.2. The maximum Gasteiger partial charge on any atom is 0.246 e. The monoisotopic (exact) mass is 401 g/mol. The SMILES string of the molecule is C[C@@H](c1ccccc1Cl)[NH+]1CCN(S(=O)(=O)c2ccc(F)cc2F)CC1. The fourth-order valence-electron chi connectivity index (χ4n) is 3.32. The smallest absolute Gasteiger partial charge is 0.246 e. The molecule has 0 saturated carbocycles. The summed E-state index contributed by atoms with van der Waals surface area (Å²) in [6, 6.07) is 10.2. The Balaban J connectivity index is 1.73. The standard InChI is InChI=1S/C18H19ClF2N2O2S/c1-13(15-4-2-3-5-16(15)19)22-8-10-23(11-9-22)26(24,25)18-7-6-14(20)12-17(18)21/h2-7,12-13H,8-11H2,1H3/p+1/t13-/m0/s1. The molecule has 1 heterocycles. The van der Waals surface area contributed by atoms with Gasteiger partial charge in [-0.25, -0.2) is 17.2 Å². The topological polar surface area (TPSA) is 41.8 Å². The van der Waals surface area contributed by atoms with Crippen molar-refractivity contribution < 1.29 is 22.1 Å². The van der Waals surface area contributed by atoms with E-state index < -0.39 is 26.6 Å². The van der Waals surface area contributed by atoms with Crippen LogP contribution in [0.5, 0.6) is 0 Å². The molecule has 3 rings (SSSR count). The first kappa shape index (κ1) is 19.2. The average Bonchev–Trinajstić information content (AvgIpc) is 2.61. The van der Waals surface area contributed by atoms with Crippen LogP contribution in [-0.4, -0.2) is 38.9 Å². The Kier molecular flexibility index (Phi) is 5.62. The maximum atomic E-state index is 13.9. The first-order chi connectivity index (χ1) is 12.3. The fraction of sp³-hybridized carbons (Fsp3) is 0.333. The molecule has 8 heteroatoms. The largest absolute Gasteiger partial charge is 0.327 e. The van der Waals surface area contributed by atoms with Gasteiger partial charge < -0.3 is 4.90 Å². The number of nitrogens with zero attached hydrogens (tertiary/aromatic N) is 1. The maximum absolute atomic E-state index is 13.9. The predicted octanol–water partition coefficient (Wildman–Crippen LogP) is 2.27. The number of rotatable bonds is 4. The van der Waals surface area contributed by atoms with Crippen LogP contribution in [0.15, 0.2) is 47.4 Å². The van der Waals surface area contributed by atoms with Crippen LogP contribution in [0.25, 0.3) is 0 Å². The molecule has 0 unspecified atom stereocenters. The molecule has 0 radical (unpaired) electrons. The number of halogens is 3. The molecule has 1 N–H and O–H groups in total. The van der Waals surface area contributed by atoms with Gasteiger partial charge in [-0.15, -0.1) is 0 Å². The van der Waals surface area contributed by atoms with Crippen LogP contribution in [0.4, 0.5) is 8.78 Å². The lowest BCUT2D eigenvalue weighted by Crippen LogP contribution is -3.14. The van der Waals surface area contributed by atoms with Crippen molar-refractivity contribution in [3.8, 4) is 0 Å². The summed E-state index contributed by atoms with van der Waals surface area (Å²) in [4.78, 5) is 0.727. The highest BCUT2D eigenvalue weighted by Crippen LogP contribution is 2.22. The number of quaternary nitrogens is 1. The first-order valence-electron chi connectivity index (χ1n) is 8.35. The Morgan fingerprint density at radius 3 is 2.38 bits per heavy atom. The lowest BCUT2D eigenvalue weighted by atomic mass is 10.1. The third kappa shape index (κ3) is 3.76. The Bertz CT molecular complexity index is 900. The third-order valence-electron chi connectivity index (χ3n) is 4.86. The highest BCUT2D eigenvalue weighted by Gasteiger charge is 2.34. The van der Waals surface area contributed by atoms with Crippen molar-refractivity contribution in [1.29, 1.82) is 0 Å². The van der Waals surface area contributed by atoms with Gasteiger partial charge in [0.1, 0.15) is 22.6 Å². The van der Waals surface area contributed by atoms with E-state index in [1.54, 1.807) is 0 Å². The predicted molar refractivity (Wildman–Crippen MR) is 95.7 cm³/mol. The Morgan fingerprint density at radius 1 is 1.12 bits per heavy atom. The van der Waals surface area contributed by atoms with E-state index in [1.807, 2.05) is 24.3 Å². The van der Waals surface area contributed by atoms with Gasteiger partial charge in [-0.2, -0.15) is 4.31 Å². The minimum Gasteiger partial charge on any atom is -0.327 e. The Morgan fingerprint density at radius 2 is 1.77 bits per heavy atom. The molecule has 1 atom stereocenters. The number of benzene rings is 2. The van der Waals surface area contributed by atoms with Crippen LogP contribution in [-0.2, 0) is 10.0 Å². The van der Waals surface area contributed by atoms with E-state index in [1.165, 1.54) is 9.21 Å². The van der Waals surface area contributed by atoms with Gasteiger partial charge >= 0.3 is 0 Å². The van der Waals surface area contributed by atoms with Crippen LogP contribution >= 0.6 is 11.6 Å². The van der Waals surface area contributed by atoms with Gasteiger partial charge in [0.15, 0.2) is 0 Å². The van der Waals surface area contributed by atoms with Crippen molar-refractivity contribution in [2.75, 3.05) is 26.2 Å². The zero-order valence-electron chi connectivity index (χ0n) is 14.3. The normalized spacial score (nSPS) is 18.0. The van der Waals surface area contributed by atoms with E-state index in [9.17, 15) is 17.2 Å². The minimum atomic E-state index is -3.98. The molecule has 1 saturated heterocycles. The molecule has 2 aromatic rings. The molecule has 1 fully saturated rings. The summed E-state index contributed by atoms with van der Waals surface area (Å²) < 4.78 is 53.5. The minimum absolute atomic E-state index is 0.121. The molecular formula is C18H20ClF2N2O2S+. The molecule has 140 valence electrons. The molecule has 2 aromatic carbocycles. The quantitative estimate of drug-likeness (QED) is 0.854. The molecule has 4 nitrogen and oxygen atoms in total. The van der Waals surface area contributed by atoms with E-state index in [2.05, 4.69) is 6.92 Å². The van der Waals surface area contributed by atoms with Crippen LogP contribution in [0.3, 0.4) is 0 Å². The number of hydrogen-bond donors (Lipinski definition) is 1. The Hall–Kier alpha value is -1.54. The summed E-state index contributed by atoms with van der Waals surface area (Å²) in [7, 11) is -3.98. The Labute approximate surface area is 157 Å².